The molecule has 0 N–H and O–H groups in total. The fourth-order valence-electron chi connectivity index (χ4n) is 1.04. The molecule has 0 bridgehead atoms. The summed E-state index contributed by atoms with van der Waals surface area (Å²) in [5, 5.41) is 0. The number of allylic oxidation sites excluding steroid dienone is 2. The van der Waals surface area contributed by atoms with Crippen molar-refractivity contribution in [3.8, 4) is 0 Å². The molecule has 0 aromatic rings. The maximum absolute atomic E-state index is 10.6. The number of hydrogen-bond donors (Lipinski definition) is 0. The second kappa shape index (κ2) is 5.70. The Morgan fingerprint density at radius 3 is 2.08 bits per heavy atom. The van der Waals surface area contributed by atoms with Gasteiger partial charge < -0.3 is 4.79 Å². The molecule has 0 amide bonds. The van der Waals surface area contributed by atoms with E-state index in [1.807, 2.05) is 6.92 Å². The molecule has 0 radical (unpaired) electrons. The van der Waals surface area contributed by atoms with Gasteiger partial charge in [0.25, 0.3) is 0 Å². The van der Waals surface area contributed by atoms with Crippen molar-refractivity contribution in [3.05, 3.63) is 11.6 Å². The minimum atomic E-state index is 0.0790. The van der Waals surface area contributed by atoms with E-state index < -0.39 is 0 Å². The van der Waals surface area contributed by atoms with Gasteiger partial charge >= 0.3 is 0 Å². The number of carbonyl (C=O) groups excluding carboxylic acids is 2. The highest BCUT2D eigenvalue weighted by Gasteiger charge is 1.95. The third-order valence-corrected chi connectivity index (χ3v) is 1.55. The second-order valence-corrected chi connectivity index (χ2v) is 3.16. The van der Waals surface area contributed by atoms with E-state index in [4.69, 9.17) is 0 Å². The van der Waals surface area contributed by atoms with Crippen LogP contribution in [-0.4, -0.2) is 11.6 Å². The van der Waals surface area contributed by atoms with Gasteiger partial charge in [-0.25, -0.2) is 0 Å². The van der Waals surface area contributed by atoms with E-state index in [-0.39, 0.29) is 11.6 Å². The molecule has 2 nitrogen and oxygen atoms in total. The van der Waals surface area contributed by atoms with Gasteiger partial charge in [-0.05, 0) is 39.7 Å². The summed E-state index contributed by atoms with van der Waals surface area (Å²) >= 11 is 0. The first kappa shape index (κ1) is 11.1. The van der Waals surface area contributed by atoms with Crippen molar-refractivity contribution in [1.29, 1.82) is 0 Å². The smallest absolute Gasteiger partial charge is 0.152 e. The molecule has 0 aliphatic rings. The molecule has 2 heteroatoms. The third kappa shape index (κ3) is 7.19. The molecular formula is C10H16O2. The lowest BCUT2D eigenvalue weighted by atomic mass is 10.1. The maximum atomic E-state index is 10.6. The lowest BCUT2D eigenvalue weighted by Crippen LogP contribution is -1.91. The highest BCUT2D eigenvalue weighted by atomic mass is 16.1. The van der Waals surface area contributed by atoms with E-state index in [2.05, 4.69) is 0 Å². The molecule has 0 unspecified atom stereocenters. The Kier molecular flexibility index (Phi) is 5.26. The van der Waals surface area contributed by atoms with Crippen molar-refractivity contribution in [2.75, 3.05) is 0 Å². The fourth-order valence-corrected chi connectivity index (χ4v) is 1.04. The fraction of sp³-hybridized carbons (Fsp3) is 0.600. The van der Waals surface area contributed by atoms with Crippen LogP contribution in [0.15, 0.2) is 11.6 Å². The van der Waals surface area contributed by atoms with E-state index in [1.54, 1.807) is 13.0 Å². The average molecular weight is 168 g/mol. The summed E-state index contributed by atoms with van der Waals surface area (Å²) in [7, 11) is 0. The van der Waals surface area contributed by atoms with Crippen LogP contribution < -0.4 is 0 Å². The minimum absolute atomic E-state index is 0.0790. The van der Waals surface area contributed by atoms with Crippen LogP contribution in [-0.2, 0) is 9.59 Å². The molecule has 0 saturated heterocycles. The SMILES string of the molecule is CC(=O)/C=C(/C)CCCC(C)=O. The maximum Gasteiger partial charge on any atom is 0.152 e. The Bertz CT molecular complexity index is 202. The number of ketones is 2. The van der Waals surface area contributed by atoms with Crippen molar-refractivity contribution in [1.82, 2.24) is 0 Å². The predicted molar refractivity (Wildman–Crippen MR) is 49.0 cm³/mol. The predicted octanol–water partition coefficient (Wildman–Crippen LogP) is 2.28. The van der Waals surface area contributed by atoms with Gasteiger partial charge in [0.05, 0.1) is 0 Å². The van der Waals surface area contributed by atoms with Crippen LogP contribution in [0, 0.1) is 0 Å². The average Bonchev–Trinajstić information content (AvgIpc) is 1.84. The lowest BCUT2D eigenvalue weighted by molar-refractivity contribution is -0.117. The van der Waals surface area contributed by atoms with Gasteiger partial charge in [0, 0.05) is 6.42 Å². The van der Waals surface area contributed by atoms with Crippen molar-refractivity contribution >= 4 is 11.6 Å². The molecule has 0 rings (SSSR count). The first-order chi connectivity index (χ1) is 5.52. The van der Waals surface area contributed by atoms with Crippen LogP contribution in [0.2, 0.25) is 0 Å². The molecule has 0 fully saturated rings. The monoisotopic (exact) mass is 168 g/mol. The highest BCUT2D eigenvalue weighted by Crippen LogP contribution is 2.06. The van der Waals surface area contributed by atoms with Crippen LogP contribution in [0.4, 0.5) is 0 Å². The van der Waals surface area contributed by atoms with E-state index in [0.717, 1.165) is 18.4 Å². The van der Waals surface area contributed by atoms with Crippen molar-refractivity contribution in [3.63, 3.8) is 0 Å². The largest absolute Gasteiger partial charge is 0.300 e. The summed E-state index contributed by atoms with van der Waals surface area (Å²) in [5.74, 6) is 0.293. The summed E-state index contributed by atoms with van der Waals surface area (Å²) < 4.78 is 0. The summed E-state index contributed by atoms with van der Waals surface area (Å²) in [6.07, 6.45) is 3.94. The summed E-state index contributed by atoms with van der Waals surface area (Å²) in [5.41, 5.74) is 1.06. The molecule has 0 saturated carbocycles. The molecule has 68 valence electrons. The van der Waals surface area contributed by atoms with Crippen molar-refractivity contribution in [2.45, 2.75) is 40.0 Å². The summed E-state index contributed by atoms with van der Waals surface area (Å²) in [6, 6.07) is 0. The standard InChI is InChI=1S/C10H16O2/c1-8(7-10(3)12)5-4-6-9(2)11/h7H,4-6H2,1-3H3/b8-7-. The second-order valence-electron chi connectivity index (χ2n) is 3.16. The van der Waals surface area contributed by atoms with Gasteiger partial charge in [0.1, 0.15) is 5.78 Å². The topological polar surface area (TPSA) is 34.1 Å². The molecule has 0 aromatic carbocycles. The Morgan fingerprint density at radius 2 is 1.67 bits per heavy atom. The number of hydrogen-bond acceptors (Lipinski definition) is 2. The first-order valence-electron chi connectivity index (χ1n) is 4.19. The van der Waals surface area contributed by atoms with E-state index in [1.165, 1.54) is 6.92 Å². The first-order valence-corrected chi connectivity index (χ1v) is 4.19. The molecular weight excluding hydrogens is 152 g/mol. The van der Waals surface area contributed by atoms with Gasteiger partial charge in [-0.3, -0.25) is 4.79 Å². The molecule has 0 aromatic heterocycles. The van der Waals surface area contributed by atoms with E-state index >= 15 is 0 Å². The minimum Gasteiger partial charge on any atom is -0.300 e. The quantitative estimate of drug-likeness (QED) is 0.590. The molecule has 0 heterocycles. The van der Waals surface area contributed by atoms with Crippen LogP contribution in [0.3, 0.4) is 0 Å². The van der Waals surface area contributed by atoms with Crippen LogP contribution >= 0.6 is 0 Å². The number of Topliss-reactive ketones (excluding diaryl/α,β-unsaturated/α-hetero) is 1. The summed E-state index contributed by atoms with van der Waals surface area (Å²) in [4.78, 5) is 21.2. The number of carbonyl (C=O) groups is 2. The lowest BCUT2D eigenvalue weighted by Gasteiger charge is -1.97. The molecule has 0 aliphatic heterocycles. The Labute approximate surface area is 73.7 Å². The van der Waals surface area contributed by atoms with Gasteiger partial charge in [-0.2, -0.15) is 0 Å². The highest BCUT2D eigenvalue weighted by molar-refractivity contribution is 5.87. The Hall–Kier alpha value is -0.920. The summed E-state index contributed by atoms with van der Waals surface area (Å²) in [6.45, 7) is 5.04. The molecule has 0 spiro atoms. The van der Waals surface area contributed by atoms with Gasteiger partial charge in [-0.15, -0.1) is 0 Å². The van der Waals surface area contributed by atoms with Crippen LogP contribution in [0.1, 0.15) is 40.0 Å². The molecule has 0 aliphatic carbocycles. The van der Waals surface area contributed by atoms with Crippen LogP contribution in [0.25, 0.3) is 0 Å². The third-order valence-electron chi connectivity index (χ3n) is 1.55. The van der Waals surface area contributed by atoms with Gasteiger partial charge in [0.2, 0.25) is 0 Å². The van der Waals surface area contributed by atoms with Crippen LogP contribution in [0.5, 0.6) is 0 Å². The zero-order chi connectivity index (χ0) is 9.56. The zero-order valence-corrected chi connectivity index (χ0v) is 8.02. The Balaban J connectivity index is 3.64. The van der Waals surface area contributed by atoms with Crippen molar-refractivity contribution in [2.24, 2.45) is 0 Å². The Morgan fingerprint density at radius 1 is 1.08 bits per heavy atom. The zero-order valence-electron chi connectivity index (χ0n) is 8.02. The normalized spacial score (nSPS) is 11.4. The van der Waals surface area contributed by atoms with E-state index in [0.29, 0.717) is 6.42 Å². The molecule has 0 atom stereocenters. The molecule has 12 heavy (non-hydrogen) atoms. The van der Waals surface area contributed by atoms with E-state index in [9.17, 15) is 9.59 Å². The van der Waals surface area contributed by atoms with Crippen molar-refractivity contribution < 1.29 is 9.59 Å². The van der Waals surface area contributed by atoms with Gasteiger partial charge in [0.15, 0.2) is 5.78 Å². The van der Waals surface area contributed by atoms with Gasteiger partial charge in [-0.1, -0.05) is 5.57 Å². The number of rotatable bonds is 5.